The monoisotopic (exact) mass is 731 g/mol. The fraction of sp³-hybridized carbons (Fsp3) is 0.289. The summed E-state index contributed by atoms with van der Waals surface area (Å²) in [6.07, 6.45) is 2.01. The zero-order valence-corrected chi connectivity index (χ0v) is 28.1. The molecule has 7 atom stereocenters. The van der Waals surface area contributed by atoms with E-state index in [1.165, 1.54) is 49.5 Å². The normalized spacial score (nSPS) is 30.5. The number of aliphatic hydroxyl groups is 3. The average molecular weight is 732 g/mol. The zero-order valence-electron chi connectivity index (χ0n) is 28.1. The molecule has 278 valence electrons. The van der Waals surface area contributed by atoms with Crippen LogP contribution in [0.4, 0.5) is 0 Å². The number of carboxylic acid groups (broad SMARTS) is 1. The Hall–Kier alpha value is -5.87. The number of esters is 2. The van der Waals surface area contributed by atoms with E-state index in [1.807, 2.05) is 0 Å². The Balaban J connectivity index is 1.54. The molecule has 1 unspecified atom stereocenters. The fourth-order valence-corrected chi connectivity index (χ4v) is 7.67. The Labute approximate surface area is 301 Å². The number of aliphatic hydroxyl groups excluding tert-OH is 1. The zero-order chi connectivity index (χ0) is 38.3. The highest BCUT2D eigenvalue weighted by atomic mass is 16.6. The summed E-state index contributed by atoms with van der Waals surface area (Å²) >= 11 is 0. The van der Waals surface area contributed by atoms with Crippen molar-refractivity contribution in [3.63, 3.8) is 0 Å². The molecule has 15 nitrogen and oxygen atoms in total. The lowest BCUT2D eigenvalue weighted by Gasteiger charge is -2.69. The third kappa shape index (κ3) is 6.02. The Morgan fingerprint density at radius 2 is 1.43 bits per heavy atom. The van der Waals surface area contributed by atoms with Crippen molar-refractivity contribution in [1.29, 1.82) is 0 Å². The molecule has 1 spiro atoms. The van der Waals surface area contributed by atoms with E-state index >= 15 is 0 Å². The number of carbonyl (C=O) groups is 3. The lowest BCUT2D eigenvalue weighted by molar-refractivity contribution is -0.387. The summed E-state index contributed by atoms with van der Waals surface area (Å²) in [7, 11) is 1.31. The van der Waals surface area contributed by atoms with Crippen LogP contribution in [0.1, 0.15) is 23.1 Å². The number of phenolic OH excluding ortho intramolecular Hbond substituents is 4. The van der Waals surface area contributed by atoms with Crippen LogP contribution in [0.2, 0.25) is 0 Å². The van der Waals surface area contributed by atoms with Gasteiger partial charge in [-0.15, -0.1) is 0 Å². The van der Waals surface area contributed by atoms with Gasteiger partial charge in [0.05, 0.1) is 12.5 Å². The quantitative estimate of drug-likeness (QED) is 0.0628. The van der Waals surface area contributed by atoms with Crippen molar-refractivity contribution in [3.05, 3.63) is 107 Å². The highest BCUT2D eigenvalue weighted by Gasteiger charge is 2.85. The van der Waals surface area contributed by atoms with Crippen LogP contribution in [0.25, 0.3) is 12.2 Å². The second-order valence-corrected chi connectivity index (χ2v) is 13.2. The Bertz CT molecular complexity index is 2030. The first kappa shape index (κ1) is 36.9. The van der Waals surface area contributed by atoms with Gasteiger partial charge in [-0.3, -0.25) is 5.32 Å². The van der Waals surface area contributed by atoms with Crippen LogP contribution in [0.3, 0.4) is 0 Å². The van der Waals surface area contributed by atoms with Gasteiger partial charge in [-0.2, -0.15) is 0 Å². The molecule has 2 heterocycles. The number of fused-ring (bicyclic) bond motifs is 1. The Morgan fingerprint density at radius 3 is 1.96 bits per heavy atom. The number of aromatic hydroxyl groups is 4. The molecule has 9 N–H and O–H groups in total. The van der Waals surface area contributed by atoms with Crippen molar-refractivity contribution in [1.82, 2.24) is 5.32 Å². The molecular weight excluding hydrogens is 694 g/mol. The molecule has 2 aliphatic heterocycles. The van der Waals surface area contributed by atoms with Crippen LogP contribution in [-0.4, -0.2) is 101 Å². The number of phenols is 4. The molecule has 1 saturated carbocycles. The van der Waals surface area contributed by atoms with Crippen molar-refractivity contribution >= 4 is 30.1 Å². The van der Waals surface area contributed by atoms with Crippen molar-refractivity contribution < 1.29 is 69.4 Å². The fourth-order valence-electron chi connectivity index (χ4n) is 7.67. The van der Waals surface area contributed by atoms with Gasteiger partial charge in [0.25, 0.3) is 0 Å². The number of carbonyl (C=O) groups excluding carboxylic acids is 2. The van der Waals surface area contributed by atoms with Gasteiger partial charge in [0.15, 0.2) is 46.0 Å². The van der Waals surface area contributed by atoms with E-state index in [-0.39, 0.29) is 24.2 Å². The first-order valence-electron chi connectivity index (χ1n) is 16.4. The molecular formula is C38H37NO14. The molecule has 15 heteroatoms. The summed E-state index contributed by atoms with van der Waals surface area (Å²) in [5.41, 5.74) is -9.62. The summed E-state index contributed by atoms with van der Waals surface area (Å²) < 4.78 is 18.3. The van der Waals surface area contributed by atoms with E-state index in [4.69, 9.17) is 14.2 Å². The molecule has 0 radical (unpaired) electrons. The van der Waals surface area contributed by atoms with Crippen LogP contribution < -0.4 is 5.32 Å². The molecule has 0 aromatic heterocycles. The van der Waals surface area contributed by atoms with Gasteiger partial charge in [-0.05, 0) is 72.7 Å². The number of ether oxygens (including phenoxy) is 3. The average Bonchev–Trinajstić information content (AvgIpc) is 3.13. The van der Waals surface area contributed by atoms with Gasteiger partial charge < -0.3 is 55.1 Å². The topological polar surface area (TPSA) is 253 Å². The van der Waals surface area contributed by atoms with Crippen molar-refractivity contribution in [2.24, 2.45) is 11.8 Å². The summed E-state index contributed by atoms with van der Waals surface area (Å²) in [6.45, 7) is -0.354. The molecule has 53 heavy (non-hydrogen) atoms. The van der Waals surface area contributed by atoms with Crippen molar-refractivity contribution in [3.8, 4) is 23.0 Å². The van der Waals surface area contributed by atoms with Crippen LogP contribution in [0.15, 0.2) is 90.7 Å². The van der Waals surface area contributed by atoms with E-state index in [1.54, 1.807) is 30.3 Å². The predicted octanol–water partition coefficient (Wildman–Crippen LogP) is 2.26. The van der Waals surface area contributed by atoms with E-state index in [0.29, 0.717) is 5.56 Å². The van der Waals surface area contributed by atoms with Crippen LogP contribution >= 0.6 is 0 Å². The van der Waals surface area contributed by atoms with Gasteiger partial charge in [0.1, 0.15) is 5.76 Å². The first-order chi connectivity index (χ1) is 25.1. The second kappa shape index (κ2) is 13.6. The van der Waals surface area contributed by atoms with Gasteiger partial charge in [0.2, 0.25) is 5.60 Å². The molecule has 2 bridgehead atoms. The Kier molecular flexibility index (Phi) is 9.47. The molecule has 2 fully saturated rings. The SMILES string of the molecule is CN[C@]1(O)[C@H]2C=C(O)C3(C[C@](O)(C(=O)O)[C@@H](Cc4ccccc4)[C@@H](OC(=O)/C=C/c4ccc(O)c(O)c4)[C@@]31OC(=O)/C=C/c1ccc(O)c(O)c1)OC2. The standard InChI is InChI=1S/C38H37NO14/c1-39-38(50)24-18-30(44)36(51-19-24)20-35(49,34(47)48)25(15-21-5-3-2-4-6-21)33(52-31(45)13-9-22-7-11-26(40)28(42)16-22)37(36,38)53-32(46)14-10-23-8-12-27(41)29(43)17-23/h2-14,16-18,24-25,33,39-44,49-50H,15,19-20H2,1H3,(H,47,48)/b13-9+,14-10+/t24-,25-,33+,35+,36?,37+,38-/m0/s1. The lowest BCUT2D eigenvalue weighted by Crippen LogP contribution is -2.90. The molecule has 3 aromatic rings. The van der Waals surface area contributed by atoms with Gasteiger partial charge in [-0.25, -0.2) is 14.4 Å². The van der Waals surface area contributed by atoms with E-state index in [2.05, 4.69) is 5.32 Å². The van der Waals surface area contributed by atoms with Crippen molar-refractivity contribution in [2.75, 3.05) is 13.7 Å². The smallest absolute Gasteiger partial charge is 0.336 e. The predicted molar refractivity (Wildman–Crippen MR) is 184 cm³/mol. The molecule has 1 saturated heterocycles. The Morgan fingerprint density at radius 1 is 0.849 bits per heavy atom. The summed E-state index contributed by atoms with van der Waals surface area (Å²) in [5, 5.41) is 89.2. The number of hydrogen-bond donors (Lipinski definition) is 9. The highest BCUT2D eigenvalue weighted by Crippen LogP contribution is 2.63. The van der Waals surface area contributed by atoms with Crippen LogP contribution in [0, 0.1) is 11.8 Å². The first-order valence-corrected chi connectivity index (χ1v) is 16.4. The highest BCUT2D eigenvalue weighted by molar-refractivity contribution is 5.89. The summed E-state index contributed by atoms with van der Waals surface area (Å²) in [5.74, 6) is -9.54. The van der Waals surface area contributed by atoms with Gasteiger partial charge >= 0.3 is 17.9 Å². The number of carboxylic acids is 1. The molecule has 0 amide bonds. The number of hydrogen-bond acceptors (Lipinski definition) is 14. The van der Waals surface area contributed by atoms with Crippen LogP contribution in [-0.2, 0) is 35.0 Å². The van der Waals surface area contributed by atoms with E-state index in [0.717, 1.165) is 24.3 Å². The molecule has 3 aromatic carbocycles. The molecule has 2 aliphatic carbocycles. The summed E-state index contributed by atoms with van der Waals surface area (Å²) in [4.78, 5) is 40.9. The number of rotatable bonds is 10. The third-order valence-corrected chi connectivity index (χ3v) is 10.3. The van der Waals surface area contributed by atoms with Crippen LogP contribution in [0.5, 0.6) is 23.0 Å². The third-order valence-electron chi connectivity index (χ3n) is 10.3. The molecule has 7 rings (SSSR count). The lowest BCUT2D eigenvalue weighted by atomic mass is 9.49. The van der Waals surface area contributed by atoms with Gasteiger partial charge in [-0.1, -0.05) is 42.5 Å². The maximum absolute atomic E-state index is 13.9. The van der Waals surface area contributed by atoms with Crippen molar-refractivity contribution in [2.45, 2.75) is 41.5 Å². The number of aliphatic carboxylic acids is 1. The largest absolute Gasteiger partial charge is 0.509 e. The maximum Gasteiger partial charge on any atom is 0.336 e. The van der Waals surface area contributed by atoms with E-state index < -0.39 is 93.6 Å². The summed E-state index contributed by atoms with van der Waals surface area (Å²) in [6, 6.07) is 15.7. The number of nitrogens with one attached hydrogen (secondary N) is 1. The maximum atomic E-state index is 13.9. The molecule has 4 aliphatic rings. The van der Waals surface area contributed by atoms with E-state index in [9.17, 15) is 55.2 Å². The minimum absolute atomic E-state index is 0.233. The second-order valence-electron chi connectivity index (χ2n) is 13.2. The number of benzene rings is 3. The number of likely N-dealkylation sites (N-methyl/N-ethyl adjacent to an activating group) is 1. The van der Waals surface area contributed by atoms with Gasteiger partial charge in [0, 0.05) is 24.5 Å². The minimum atomic E-state index is -2.86. The minimum Gasteiger partial charge on any atom is -0.509 e.